The zero-order chi connectivity index (χ0) is 14.5. The Labute approximate surface area is 131 Å². The molecule has 2 aromatic carbocycles. The number of ether oxygens (including phenoxy) is 1. The van der Waals surface area contributed by atoms with E-state index in [-0.39, 0.29) is 5.91 Å². The van der Waals surface area contributed by atoms with Crippen molar-refractivity contribution in [3.05, 3.63) is 63.1 Å². The van der Waals surface area contributed by atoms with Gasteiger partial charge in [-0.05, 0) is 35.9 Å². The van der Waals surface area contributed by atoms with Gasteiger partial charge in [-0.1, -0.05) is 39.7 Å². The fourth-order valence-electron chi connectivity index (χ4n) is 1.69. The van der Waals surface area contributed by atoms with E-state index in [1.54, 1.807) is 25.3 Å². The van der Waals surface area contributed by atoms with Gasteiger partial charge in [0, 0.05) is 11.0 Å². The van der Waals surface area contributed by atoms with Crippen molar-refractivity contribution in [2.75, 3.05) is 7.11 Å². The van der Waals surface area contributed by atoms with Crippen molar-refractivity contribution in [1.82, 2.24) is 5.32 Å². The third-order valence-electron chi connectivity index (χ3n) is 2.79. The molecule has 0 bridgehead atoms. The van der Waals surface area contributed by atoms with Gasteiger partial charge in [-0.3, -0.25) is 4.79 Å². The van der Waals surface area contributed by atoms with Gasteiger partial charge in [-0.2, -0.15) is 0 Å². The molecule has 104 valence electrons. The molecule has 3 nitrogen and oxygen atoms in total. The van der Waals surface area contributed by atoms with Crippen molar-refractivity contribution < 1.29 is 9.53 Å². The number of methoxy groups -OCH3 is 1. The Balaban J connectivity index is 2.03. The van der Waals surface area contributed by atoms with Gasteiger partial charge in [0.15, 0.2) is 0 Å². The Morgan fingerprint density at radius 2 is 1.95 bits per heavy atom. The highest BCUT2D eigenvalue weighted by Gasteiger charge is 2.10. The number of halogens is 2. The third kappa shape index (κ3) is 3.74. The minimum Gasteiger partial charge on any atom is -0.497 e. The normalized spacial score (nSPS) is 10.2. The van der Waals surface area contributed by atoms with Crippen LogP contribution in [0.1, 0.15) is 15.9 Å². The van der Waals surface area contributed by atoms with Crippen molar-refractivity contribution >= 4 is 33.4 Å². The molecule has 0 aliphatic carbocycles. The zero-order valence-corrected chi connectivity index (χ0v) is 13.2. The van der Waals surface area contributed by atoms with Crippen LogP contribution in [0.15, 0.2) is 46.9 Å². The van der Waals surface area contributed by atoms with E-state index in [1.165, 1.54) is 0 Å². The number of hydrogen-bond acceptors (Lipinski definition) is 2. The average molecular weight is 355 g/mol. The summed E-state index contributed by atoms with van der Waals surface area (Å²) in [6, 6.07) is 12.7. The van der Waals surface area contributed by atoms with Crippen LogP contribution < -0.4 is 10.1 Å². The molecule has 1 N–H and O–H groups in total. The Morgan fingerprint density at radius 3 is 2.55 bits per heavy atom. The van der Waals surface area contributed by atoms with Crippen molar-refractivity contribution in [2.45, 2.75) is 6.54 Å². The molecule has 0 unspecified atom stereocenters. The Kier molecular flexibility index (Phi) is 5.04. The predicted octanol–water partition coefficient (Wildman–Crippen LogP) is 4.04. The SMILES string of the molecule is COc1ccc(C(=O)NCc2ccc(Br)cc2)c(Cl)c1. The topological polar surface area (TPSA) is 38.3 Å². The first-order chi connectivity index (χ1) is 9.60. The van der Waals surface area contributed by atoms with Gasteiger partial charge in [-0.25, -0.2) is 0 Å². The molecule has 0 aliphatic heterocycles. The zero-order valence-electron chi connectivity index (χ0n) is 10.8. The number of benzene rings is 2. The summed E-state index contributed by atoms with van der Waals surface area (Å²) in [5.74, 6) is 0.417. The number of rotatable bonds is 4. The lowest BCUT2D eigenvalue weighted by molar-refractivity contribution is 0.0951. The molecule has 20 heavy (non-hydrogen) atoms. The van der Waals surface area contributed by atoms with Gasteiger partial charge in [0.2, 0.25) is 0 Å². The van der Waals surface area contributed by atoms with Crippen LogP contribution in [0, 0.1) is 0 Å². The maximum absolute atomic E-state index is 12.1. The van der Waals surface area contributed by atoms with E-state index in [0.717, 1.165) is 10.0 Å². The monoisotopic (exact) mass is 353 g/mol. The molecular weight excluding hydrogens is 342 g/mol. The number of hydrogen-bond donors (Lipinski definition) is 1. The van der Waals surface area contributed by atoms with Crippen LogP contribution in [0.2, 0.25) is 5.02 Å². The fourth-order valence-corrected chi connectivity index (χ4v) is 2.21. The Bertz CT molecular complexity index is 614. The lowest BCUT2D eigenvalue weighted by atomic mass is 10.2. The van der Waals surface area contributed by atoms with Gasteiger partial charge in [0.1, 0.15) is 5.75 Å². The van der Waals surface area contributed by atoms with E-state index in [2.05, 4.69) is 21.2 Å². The molecule has 0 saturated carbocycles. The van der Waals surface area contributed by atoms with Crippen LogP contribution in [0.3, 0.4) is 0 Å². The van der Waals surface area contributed by atoms with Crippen LogP contribution in [0.5, 0.6) is 5.75 Å². The fraction of sp³-hybridized carbons (Fsp3) is 0.133. The predicted molar refractivity (Wildman–Crippen MR) is 83.3 cm³/mol. The van der Waals surface area contributed by atoms with Crippen LogP contribution in [0.25, 0.3) is 0 Å². The first kappa shape index (κ1) is 14.9. The number of carbonyl (C=O) groups excluding carboxylic acids is 1. The first-order valence-electron chi connectivity index (χ1n) is 5.96. The van der Waals surface area contributed by atoms with Crippen LogP contribution >= 0.6 is 27.5 Å². The van der Waals surface area contributed by atoms with E-state index in [1.807, 2.05) is 24.3 Å². The van der Waals surface area contributed by atoms with E-state index < -0.39 is 0 Å². The molecule has 5 heteroatoms. The molecule has 0 atom stereocenters. The molecule has 1 amide bonds. The Hall–Kier alpha value is -1.52. The second-order valence-electron chi connectivity index (χ2n) is 4.15. The molecule has 2 aromatic rings. The summed E-state index contributed by atoms with van der Waals surface area (Å²) in [5, 5.41) is 3.21. The van der Waals surface area contributed by atoms with Gasteiger partial charge < -0.3 is 10.1 Å². The molecule has 0 radical (unpaired) electrons. The minimum atomic E-state index is -0.208. The van der Waals surface area contributed by atoms with E-state index >= 15 is 0 Å². The van der Waals surface area contributed by atoms with E-state index in [0.29, 0.717) is 22.9 Å². The lowest BCUT2D eigenvalue weighted by Crippen LogP contribution is -2.23. The van der Waals surface area contributed by atoms with E-state index in [9.17, 15) is 4.79 Å². The van der Waals surface area contributed by atoms with Crippen molar-refractivity contribution in [2.24, 2.45) is 0 Å². The second kappa shape index (κ2) is 6.77. The van der Waals surface area contributed by atoms with Crippen LogP contribution in [-0.4, -0.2) is 13.0 Å². The van der Waals surface area contributed by atoms with Gasteiger partial charge in [0.05, 0.1) is 17.7 Å². The second-order valence-corrected chi connectivity index (χ2v) is 5.48. The highest BCUT2D eigenvalue weighted by Crippen LogP contribution is 2.22. The maximum Gasteiger partial charge on any atom is 0.253 e. The molecule has 0 aromatic heterocycles. The van der Waals surface area contributed by atoms with Crippen molar-refractivity contribution in [1.29, 1.82) is 0 Å². The molecule has 0 spiro atoms. The summed E-state index contributed by atoms with van der Waals surface area (Å²) < 4.78 is 6.05. The minimum absolute atomic E-state index is 0.208. The van der Waals surface area contributed by atoms with Crippen molar-refractivity contribution in [3.8, 4) is 5.75 Å². The summed E-state index contributed by atoms with van der Waals surface area (Å²) in [6.45, 7) is 0.453. The van der Waals surface area contributed by atoms with Gasteiger partial charge in [-0.15, -0.1) is 0 Å². The largest absolute Gasteiger partial charge is 0.497 e. The van der Waals surface area contributed by atoms with Gasteiger partial charge >= 0.3 is 0 Å². The van der Waals surface area contributed by atoms with Gasteiger partial charge in [0.25, 0.3) is 5.91 Å². The number of nitrogens with one attached hydrogen (secondary N) is 1. The summed E-state index contributed by atoms with van der Waals surface area (Å²) >= 11 is 9.43. The summed E-state index contributed by atoms with van der Waals surface area (Å²) in [4.78, 5) is 12.1. The number of amides is 1. The molecule has 0 heterocycles. The maximum atomic E-state index is 12.1. The molecule has 0 fully saturated rings. The highest BCUT2D eigenvalue weighted by molar-refractivity contribution is 9.10. The molecule has 2 rings (SSSR count). The van der Waals surface area contributed by atoms with Crippen LogP contribution in [0.4, 0.5) is 0 Å². The highest BCUT2D eigenvalue weighted by atomic mass is 79.9. The number of carbonyl (C=O) groups is 1. The lowest BCUT2D eigenvalue weighted by Gasteiger charge is -2.08. The quantitative estimate of drug-likeness (QED) is 0.900. The Morgan fingerprint density at radius 1 is 1.25 bits per heavy atom. The smallest absolute Gasteiger partial charge is 0.253 e. The molecular formula is C15H13BrClNO2. The summed E-state index contributed by atoms with van der Waals surface area (Å²) in [5.41, 5.74) is 1.45. The third-order valence-corrected chi connectivity index (χ3v) is 3.63. The van der Waals surface area contributed by atoms with E-state index in [4.69, 9.17) is 16.3 Å². The average Bonchev–Trinajstić information content (AvgIpc) is 2.46. The molecule has 0 saturated heterocycles. The van der Waals surface area contributed by atoms with Crippen LogP contribution in [-0.2, 0) is 6.54 Å². The first-order valence-corrected chi connectivity index (χ1v) is 7.13. The summed E-state index contributed by atoms with van der Waals surface area (Å²) in [6.07, 6.45) is 0. The summed E-state index contributed by atoms with van der Waals surface area (Å²) in [7, 11) is 1.55. The molecule has 0 aliphatic rings. The van der Waals surface area contributed by atoms with Crippen molar-refractivity contribution in [3.63, 3.8) is 0 Å². The standard InChI is InChI=1S/C15H13BrClNO2/c1-20-12-6-7-13(14(17)8-12)15(19)18-9-10-2-4-11(16)5-3-10/h2-8H,9H2,1H3,(H,18,19).